The van der Waals surface area contributed by atoms with Crippen LogP contribution in [0.4, 0.5) is 11.5 Å². The van der Waals surface area contributed by atoms with Gasteiger partial charge in [-0.2, -0.15) is 0 Å². The van der Waals surface area contributed by atoms with Crippen LogP contribution in [0.25, 0.3) is 10.9 Å². The number of unbranched alkanes of at least 4 members (excludes halogenated alkanes) is 1. The van der Waals surface area contributed by atoms with Gasteiger partial charge in [0.1, 0.15) is 12.1 Å². The predicted molar refractivity (Wildman–Crippen MR) is 73.6 cm³/mol. The summed E-state index contributed by atoms with van der Waals surface area (Å²) in [6.45, 7) is 1.67. The Morgan fingerprint density at radius 3 is 3.00 bits per heavy atom. The Kier molecular flexibility index (Phi) is 4.30. The number of fused-ring (bicyclic) bond motifs is 1. The number of nitrogens with one attached hydrogen (secondary N) is 1. The topological polar surface area (TPSA) is 73.1 Å². The van der Waals surface area contributed by atoms with Crippen molar-refractivity contribution in [2.45, 2.75) is 12.8 Å². The molecule has 2 rings (SSSR count). The van der Waals surface area contributed by atoms with Crippen molar-refractivity contribution in [1.29, 1.82) is 0 Å². The Balaban J connectivity index is 2.04. The molecular formula is C13H18N4O. The Hall–Kier alpha value is -1.88. The summed E-state index contributed by atoms with van der Waals surface area (Å²) in [6.07, 6.45) is 3.65. The zero-order chi connectivity index (χ0) is 12.8. The number of rotatable bonds is 6. The van der Waals surface area contributed by atoms with E-state index in [1.54, 1.807) is 13.4 Å². The molecule has 0 saturated heterocycles. The van der Waals surface area contributed by atoms with Crippen LogP contribution in [0.15, 0.2) is 24.5 Å². The maximum atomic E-state index is 5.73. The van der Waals surface area contributed by atoms with E-state index in [2.05, 4.69) is 15.3 Å². The highest BCUT2D eigenvalue weighted by atomic mass is 16.5. The number of anilines is 2. The molecule has 1 aromatic carbocycles. The standard InChI is InChI=1S/C13H18N4O/c1-18-7-3-2-6-15-13-11-5-4-10(14)8-12(11)16-9-17-13/h4-5,8-9H,2-3,6-7,14H2,1H3,(H,15,16,17). The third kappa shape index (κ3) is 3.07. The van der Waals surface area contributed by atoms with Crippen LogP contribution in [0, 0.1) is 0 Å². The number of nitrogens with zero attached hydrogens (tertiary/aromatic N) is 2. The summed E-state index contributed by atoms with van der Waals surface area (Å²) in [7, 11) is 1.72. The number of hydrogen-bond acceptors (Lipinski definition) is 5. The minimum Gasteiger partial charge on any atom is -0.399 e. The average molecular weight is 246 g/mol. The van der Waals surface area contributed by atoms with Crippen LogP contribution in [0.3, 0.4) is 0 Å². The molecule has 0 atom stereocenters. The van der Waals surface area contributed by atoms with Crippen LogP contribution in [-0.4, -0.2) is 30.2 Å². The van der Waals surface area contributed by atoms with Gasteiger partial charge in [-0.1, -0.05) is 0 Å². The fourth-order valence-corrected chi connectivity index (χ4v) is 1.79. The van der Waals surface area contributed by atoms with Gasteiger partial charge in [0.15, 0.2) is 0 Å². The molecule has 1 heterocycles. The lowest BCUT2D eigenvalue weighted by Crippen LogP contribution is -2.05. The molecule has 0 aliphatic heterocycles. The molecular weight excluding hydrogens is 228 g/mol. The van der Waals surface area contributed by atoms with Gasteiger partial charge in [-0.05, 0) is 31.0 Å². The molecule has 18 heavy (non-hydrogen) atoms. The average Bonchev–Trinajstić information content (AvgIpc) is 2.38. The molecule has 3 N–H and O–H groups in total. The molecule has 0 unspecified atom stereocenters. The van der Waals surface area contributed by atoms with Crippen molar-refractivity contribution < 1.29 is 4.74 Å². The second-order valence-electron chi connectivity index (χ2n) is 4.13. The normalized spacial score (nSPS) is 10.7. The zero-order valence-electron chi connectivity index (χ0n) is 10.5. The molecule has 0 saturated carbocycles. The van der Waals surface area contributed by atoms with Crippen molar-refractivity contribution in [3.8, 4) is 0 Å². The number of benzene rings is 1. The monoisotopic (exact) mass is 246 g/mol. The SMILES string of the molecule is COCCCCNc1ncnc2cc(N)ccc12. The second kappa shape index (κ2) is 6.16. The largest absolute Gasteiger partial charge is 0.399 e. The Morgan fingerprint density at radius 2 is 2.17 bits per heavy atom. The van der Waals surface area contributed by atoms with Gasteiger partial charge in [0, 0.05) is 31.3 Å². The van der Waals surface area contributed by atoms with Crippen LogP contribution in [0.5, 0.6) is 0 Å². The first-order chi connectivity index (χ1) is 8.81. The van der Waals surface area contributed by atoms with Crippen LogP contribution in [-0.2, 0) is 4.74 Å². The van der Waals surface area contributed by atoms with Gasteiger partial charge in [0.05, 0.1) is 5.52 Å². The van der Waals surface area contributed by atoms with Crippen molar-refractivity contribution in [2.24, 2.45) is 0 Å². The maximum Gasteiger partial charge on any atom is 0.137 e. The summed E-state index contributed by atoms with van der Waals surface area (Å²) in [5.74, 6) is 0.859. The number of ether oxygens (including phenoxy) is 1. The summed E-state index contributed by atoms with van der Waals surface area (Å²) in [4.78, 5) is 8.47. The quantitative estimate of drug-likeness (QED) is 0.603. The molecule has 0 spiro atoms. The summed E-state index contributed by atoms with van der Waals surface area (Å²) in [6, 6.07) is 5.66. The Bertz CT molecular complexity index is 515. The lowest BCUT2D eigenvalue weighted by Gasteiger charge is -2.08. The van der Waals surface area contributed by atoms with Crippen LogP contribution < -0.4 is 11.1 Å². The molecule has 2 aromatic rings. The van der Waals surface area contributed by atoms with Crippen LogP contribution in [0.2, 0.25) is 0 Å². The van der Waals surface area contributed by atoms with Gasteiger partial charge < -0.3 is 15.8 Å². The van der Waals surface area contributed by atoms with E-state index in [0.717, 1.165) is 42.7 Å². The number of nitrogen functional groups attached to an aromatic ring is 1. The fourth-order valence-electron chi connectivity index (χ4n) is 1.79. The zero-order valence-corrected chi connectivity index (χ0v) is 10.5. The van der Waals surface area contributed by atoms with E-state index in [1.165, 1.54) is 0 Å². The van der Waals surface area contributed by atoms with E-state index in [4.69, 9.17) is 10.5 Å². The number of hydrogen-bond donors (Lipinski definition) is 2. The van der Waals surface area contributed by atoms with Gasteiger partial charge in [-0.3, -0.25) is 0 Å². The highest BCUT2D eigenvalue weighted by Gasteiger charge is 2.02. The number of nitrogens with two attached hydrogens (primary N) is 1. The van der Waals surface area contributed by atoms with Gasteiger partial charge >= 0.3 is 0 Å². The first-order valence-corrected chi connectivity index (χ1v) is 6.04. The summed E-state index contributed by atoms with van der Waals surface area (Å²) in [5, 5.41) is 4.32. The number of methoxy groups -OCH3 is 1. The maximum absolute atomic E-state index is 5.73. The minimum absolute atomic E-state index is 0.715. The van der Waals surface area contributed by atoms with E-state index >= 15 is 0 Å². The molecule has 96 valence electrons. The van der Waals surface area contributed by atoms with Gasteiger partial charge in [0.2, 0.25) is 0 Å². The lowest BCUT2D eigenvalue weighted by molar-refractivity contribution is 0.194. The van der Waals surface area contributed by atoms with Gasteiger partial charge in [-0.15, -0.1) is 0 Å². The second-order valence-corrected chi connectivity index (χ2v) is 4.13. The van der Waals surface area contributed by atoms with Crippen molar-refractivity contribution in [2.75, 3.05) is 31.3 Å². The van der Waals surface area contributed by atoms with Crippen molar-refractivity contribution in [3.63, 3.8) is 0 Å². The van der Waals surface area contributed by atoms with E-state index < -0.39 is 0 Å². The summed E-state index contributed by atoms with van der Waals surface area (Å²) < 4.78 is 5.01. The molecule has 0 radical (unpaired) electrons. The highest BCUT2D eigenvalue weighted by Crippen LogP contribution is 2.21. The van der Waals surface area contributed by atoms with Crippen LogP contribution in [0.1, 0.15) is 12.8 Å². The fraction of sp³-hybridized carbons (Fsp3) is 0.385. The third-order valence-electron chi connectivity index (χ3n) is 2.73. The van der Waals surface area contributed by atoms with Crippen molar-refractivity contribution in [3.05, 3.63) is 24.5 Å². The Labute approximate surface area is 106 Å². The third-order valence-corrected chi connectivity index (χ3v) is 2.73. The number of aromatic nitrogens is 2. The smallest absolute Gasteiger partial charge is 0.137 e. The van der Waals surface area contributed by atoms with Gasteiger partial charge in [0.25, 0.3) is 0 Å². The first-order valence-electron chi connectivity index (χ1n) is 6.04. The summed E-state index contributed by atoms with van der Waals surface area (Å²) >= 11 is 0. The van der Waals surface area contributed by atoms with Crippen LogP contribution >= 0.6 is 0 Å². The predicted octanol–water partition coefficient (Wildman–Crippen LogP) is 2.05. The Morgan fingerprint density at radius 1 is 1.28 bits per heavy atom. The molecule has 5 nitrogen and oxygen atoms in total. The van der Waals surface area contributed by atoms with E-state index in [9.17, 15) is 0 Å². The molecule has 0 aliphatic rings. The first kappa shape index (κ1) is 12.6. The molecule has 0 aliphatic carbocycles. The van der Waals surface area contributed by atoms with E-state index in [1.807, 2.05) is 18.2 Å². The van der Waals surface area contributed by atoms with Gasteiger partial charge in [-0.25, -0.2) is 9.97 Å². The molecule has 0 amide bonds. The summed E-state index contributed by atoms with van der Waals surface area (Å²) in [5.41, 5.74) is 7.31. The molecule has 5 heteroatoms. The molecule has 0 fully saturated rings. The molecule has 0 bridgehead atoms. The highest BCUT2D eigenvalue weighted by molar-refractivity contribution is 5.90. The van der Waals surface area contributed by atoms with E-state index in [0.29, 0.717) is 5.69 Å². The van der Waals surface area contributed by atoms with Crippen molar-refractivity contribution >= 4 is 22.4 Å². The molecule has 1 aromatic heterocycles. The van der Waals surface area contributed by atoms with E-state index in [-0.39, 0.29) is 0 Å². The van der Waals surface area contributed by atoms with Crippen molar-refractivity contribution in [1.82, 2.24) is 9.97 Å². The lowest BCUT2D eigenvalue weighted by atomic mass is 10.2. The minimum atomic E-state index is 0.715.